The van der Waals surface area contributed by atoms with Crippen molar-refractivity contribution in [1.29, 1.82) is 0 Å². The lowest BCUT2D eigenvalue weighted by molar-refractivity contribution is 0.0746. The van der Waals surface area contributed by atoms with Crippen molar-refractivity contribution in [2.24, 2.45) is 0 Å². The lowest BCUT2D eigenvalue weighted by Gasteiger charge is -2.20. The number of ether oxygens (including phenoxy) is 2. The first-order valence-corrected chi connectivity index (χ1v) is 9.29. The van der Waals surface area contributed by atoms with E-state index in [2.05, 4.69) is 15.3 Å². The summed E-state index contributed by atoms with van der Waals surface area (Å²) in [6.07, 6.45) is 1.38. The molecule has 0 saturated heterocycles. The molecule has 7 heteroatoms. The average Bonchev–Trinajstić information content (AvgIpc) is 2.78. The van der Waals surface area contributed by atoms with E-state index >= 15 is 0 Å². The van der Waals surface area contributed by atoms with E-state index in [0.717, 1.165) is 5.56 Å². The number of rotatable bonds is 8. The van der Waals surface area contributed by atoms with E-state index in [-0.39, 0.29) is 5.91 Å². The summed E-state index contributed by atoms with van der Waals surface area (Å²) >= 11 is 0. The second kappa shape index (κ2) is 9.54. The first-order chi connectivity index (χ1) is 14.1. The fraction of sp³-hybridized carbons (Fsp3) is 0.227. The van der Waals surface area contributed by atoms with Gasteiger partial charge in [0.15, 0.2) is 0 Å². The van der Waals surface area contributed by atoms with Crippen molar-refractivity contribution in [3.63, 3.8) is 0 Å². The third-order valence-electron chi connectivity index (χ3n) is 4.44. The van der Waals surface area contributed by atoms with Gasteiger partial charge in [0.2, 0.25) is 0 Å². The van der Waals surface area contributed by atoms with Gasteiger partial charge in [-0.3, -0.25) is 4.79 Å². The molecule has 0 saturated carbocycles. The van der Waals surface area contributed by atoms with Gasteiger partial charge in [-0.25, -0.2) is 9.97 Å². The van der Waals surface area contributed by atoms with Crippen LogP contribution in [0.5, 0.6) is 11.5 Å². The Morgan fingerprint density at radius 3 is 2.52 bits per heavy atom. The molecule has 3 aromatic rings. The largest absolute Gasteiger partial charge is 0.497 e. The van der Waals surface area contributed by atoms with Crippen LogP contribution in [0, 0.1) is 0 Å². The van der Waals surface area contributed by atoms with Crippen LogP contribution in [0.3, 0.4) is 0 Å². The van der Waals surface area contributed by atoms with E-state index in [1.165, 1.54) is 6.33 Å². The number of anilines is 2. The normalized spacial score (nSPS) is 10.3. The summed E-state index contributed by atoms with van der Waals surface area (Å²) in [5.74, 6) is 1.65. The molecule has 0 aliphatic carbocycles. The molecule has 29 heavy (non-hydrogen) atoms. The monoisotopic (exact) mass is 392 g/mol. The van der Waals surface area contributed by atoms with E-state index in [9.17, 15) is 4.79 Å². The molecule has 1 heterocycles. The highest BCUT2D eigenvalue weighted by atomic mass is 16.5. The van der Waals surface area contributed by atoms with Gasteiger partial charge >= 0.3 is 0 Å². The van der Waals surface area contributed by atoms with Crippen LogP contribution in [0.15, 0.2) is 60.9 Å². The van der Waals surface area contributed by atoms with Crippen LogP contribution >= 0.6 is 0 Å². The Morgan fingerprint density at radius 1 is 1.03 bits per heavy atom. The minimum Gasteiger partial charge on any atom is -0.497 e. The van der Waals surface area contributed by atoms with Crippen LogP contribution in [0.2, 0.25) is 0 Å². The molecule has 3 rings (SSSR count). The molecule has 0 aliphatic heterocycles. The number of methoxy groups -OCH3 is 2. The Labute approximate surface area is 170 Å². The molecule has 0 spiro atoms. The van der Waals surface area contributed by atoms with Crippen molar-refractivity contribution in [3.05, 3.63) is 72.2 Å². The van der Waals surface area contributed by atoms with E-state index in [0.29, 0.717) is 41.8 Å². The van der Waals surface area contributed by atoms with Crippen LogP contribution in [0.4, 0.5) is 11.5 Å². The van der Waals surface area contributed by atoms with E-state index in [1.807, 2.05) is 49.4 Å². The Hall–Kier alpha value is -3.61. The number of hydrogen-bond acceptors (Lipinski definition) is 6. The molecule has 1 aromatic heterocycles. The summed E-state index contributed by atoms with van der Waals surface area (Å²) in [6, 6.07) is 16.9. The smallest absolute Gasteiger partial charge is 0.272 e. The molecule has 0 fully saturated rings. The van der Waals surface area contributed by atoms with Crippen LogP contribution in [-0.4, -0.2) is 41.5 Å². The van der Waals surface area contributed by atoms with E-state index in [4.69, 9.17) is 9.47 Å². The molecular formula is C22H24N4O3. The number of carbonyl (C=O) groups excluding carboxylic acids is 1. The Kier molecular flexibility index (Phi) is 6.63. The average molecular weight is 392 g/mol. The Morgan fingerprint density at radius 2 is 1.83 bits per heavy atom. The summed E-state index contributed by atoms with van der Waals surface area (Å²) in [7, 11) is 3.18. The maximum Gasteiger partial charge on any atom is 0.272 e. The van der Waals surface area contributed by atoms with Crippen molar-refractivity contribution in [1.82, 2.24) is 14.9 Å². The number of amides is 1. The summed E-state index contributed by atoms with van der Waals surface area (Å²) in [5.41, 5.74) is 2.10. The number of hydrogen-bond donors (Lipinski definition) is 1. The molecular weight excluding hydrogens is 368 g/mol. The number of nitrogens with one attached hydrogen (secondary N) is 1. The minimum absolute atomic E-state index is 0.150. The topological polar surface area (TPSA) is 76.6 Å². The predicted molar refractivity (Wildman–Crippen MR) is 112 cm³/mol. The maximum absolute atomic E-state index is 13.0. The number of nitrogens with zero attached hydrogens (tertiary/aromatic N) is 3. The molecule has 1 N–H and O–H groups in total. The van der Waals surface area contributed by atoms with E-state index in [1.54, 1.807) is 31.3 Å². The third-order valence-corrected chi connectivity index (χ3v) is 4.44. The van der Waals surface area contributed by atoms with Gasteiger partial charge < -0.3 is 19.7 Å². The Bertz CT molecular complexity index is 963. The minimum atomic E-state index is -0.150. The van der Waals surface area contributed by atoms with Gasteiger partial charge in [0, 0.05) is 25.2 Å². The van der Waals surface area contributed by atoms with Gasteiger partial charge in [0.25, 0.3) is 5.91 Å². The molecule has 7 nitrogen and oxygen atoms in total. The zero-order valence-corrected chi connectivity index (χ0v) is 16.8. The highest BCUT2D eigenvalue weighted by molar-refractivity contribution is 5.93. The lowest BCUT2D eigenvalue weighted by atomic mass is 10.2. The maximum atomic E-state index is 13.0. The SMILES string of the molecule is CCN(Cc1ccccc1)C(=O)c1cc(Nc2ccc(OC)cc2OC)ncn1. The second-order valence-corrected chi connectivity index (χ2v) is 6.28. The Balaban J connectivity index is 1.79. The number of carbonyl (C=O) groups is 1. The van der Waals surface area contributed by atoms with Crippen LogP contribution in [0.25, 0.3) is 0 Å². The first kappa shape index (κ1) is 20.1. The third kappa shape index (κ3) is 5.01. The van der Waals surface area contributed by atoms with Gasteiger partial charge in [-0.15, -0.1) is 0 Å². The highest BCUT2D eigenvalue weighted by Crippen LogP contribution is 2.31. The second-order valence-electron chi connectivity index (χ2n) is 6.28. The van der Waals surface area contributed by atoms with Gasteiger partial charge in [0.05, 0.1) is 19.9 Å². The summed E-state index contributed by atoms with van der Waals surface area (Å²) < 4.78 is 10.6. The van der Waals surface area contributed by atoms with E-state index < -0.39 is 0 Å². The predicted octanol–water partition coefficient (Wildman–Crippen LogP) is 3.90. The lowest BCUT2D eigenvalue weighted by Crippen LogP contribution is -2.31. The highest BCUT2D eigenvalue weighted by Gasteiger charge is 2.17. The number of aromatic nitrogens is 2. The molecule has 1 amide bonds. The quantitative estimate of drug-likeness (QED) is 0.627. The van der Waals surface area contributed by atoms with Crippen molar-refractivity contribution in [3.8, 4) is 11.5 Å². The van der Waals surface area contributed by atoms with Crippen molar-refractivity contribution in [2.75, 3.05) is 26.1 Å². The van der Waals surface area contributed by atoms with Gasteiger partial charge in [0.1, 0.15) is 29.3 Å². The molecule has 0 atom stereocenters. The molecule has 150 valence electrons. The van der Waals surface area contributed by atoms with Gasteiger partial charge in [-0.2, -0.15) is 0 Å². The summed E-state index contributed by atoms with van der Waals surface area (Å²) in [5, 5.41) is 3.17. The van der Waals surface area contributed by atoms with Crippen molar-refractivity contribution >= 4 is 17.4 Å². The fourth-order valence-corrected chi connectivity index (χ4v) is 2.88. The molecule has 0 radical (unpaired) electrons. The fourth-order valence-electron chi connectivity index (χ4n) is 2.88. The van der Waals surface area contributed by atoms with Gasteiger partial charge in [-0.1, -0.05) is 30.3 Å². The van der Waals surface area contributed by atoms with Crippen LogP contribution in [0.1, 0.15) is 23.0 Å². The summed E-state index contributed by atoms with van der Waals surface area (Å²) in [6.45, 7) is 3.05. The van der Waals surface area contributed by atoms with Crippen LogP contribution < -0.4 is 14.8 Å². The molecule has 2 aromatic carbocycles. The first-order valence-electron chi connectivity index (χ1n) is 9.29. The molecule has 0 unspecified atom stereocenters. The standard InChI is InChI=1S/C22H24N4O3/c1-4-26(14-16-8-6-5-7-9-16)22(27)19-13-21(24-15-23-19)25-18-11-10-17(28-2)12-20(18)29-3/h5-13,15H,4,14H2,1-3H3,(H,23,24,25). The zero-order chi connectivity index (χ0) is 20.6. The van der Waals surface area contributed by atoms with Gasteiger partial charge in [-0.05, 0) is 24.6 Å². The molecule has 0 aliphatic rings. The number of benzene rings is 2. The molecule has 0 bridgehead atoms. The van der Waals surface area contributed by atoms with Crippen LogP contribution in [-0.2, 0) is 6.54 Å². The van der Waals surface area contributed by atoms with Crippen molar-refractivity contribution < 1.29 is 14.3 Å². The summed E-state index contributed by atoms with van der Waals surface area (Å²) in [4.78, 5) is 23.1. The van der Waals surface area contributed by atoms with Crippen molar-refractivity contribution in [2.45, 2.75) is 13.5 Å². The zero-order valence-electron chi connectivity index (χ0n) is 16.8.